The van der Waals surface area contributed by atoms with E-state index in [1.807, 2.05) is 0 Å². The third kappa shape index (κ3) is 4.13. The van der Waals surface area contributed by atoms with Crippen LogP contribution in [0.15, 0.2) is 36.7 Å². The molecule has 1 heterocycles. The van der Waals surface area contributed by atoms with Crippen LogP contribution < -0.4 is 15.8 Å². The van der Waals surface area contributed by atoms with Crippen LogP contribution in [-0.2, 0) is 6.61 Å². The van der Waals surface area contributed by atoms with Gasteiger partial charge in [-0.05, 0) is 24.6 Å². The zero-order valence-electron chi connectivity index (χ0n) is 11.4. The van der Waals surface area contributed by atoms with E-state index in [1.165, 1.54) is 24.5 Å². The summed E-state index contributed by atoms with van der Waals surface area (Å²) in [5, 5.41) is 2.51. The van der Waals surface area contributed by atoms with Crippen molar-refractivity contribution in [3.63, 3.8) is 0 Å². The van der Waals surface area contributed by atoms with Gasteiger partial charge in [-0.15, -0.1) is 0 Å². The summed E-state index contributed by atoms with van der Waals surface area (Å²) in [6, 6.07) is 4.87. The minimum Gasteiger partial charge on any atom is -0.471 e. The number of benzene rings is 1. The molecule has 0 bridgehead atoms. The van der Waals surface area contributed by atoms with E-state index in [0.717, 1.165) is 5.56 Å². The van der Waals surface area contributed by atoms with Gasteiger partial charge in [0.1, 0.15) is 18.1 Å². The van der Waals surface area contributed by atoms with Gasteiger partial charge >= 0.3 is 6.03 Å². The number of urea groups is 1. The van der Waals surface area contributed by atoms with Crippen molar-refractivity contribution < 1.29 is 13.9 Å². The van der Waals surface area contributed by atoms with E-state index in [9.17, 15) is 9.18 Å². The Balaban J connectivity index is 2.09. The molecule has 7 heteroatoms. The Morgan fingerprint density at radius 1 is 1.33 bits per heavy atom. The van der Waals surface area contributed by atoms with Gasteiger partial charge in [0.05, 0.1) is 6.04 Å². The predicted molar refractivity (Wildman–Crippen MR) is 73.9 cm³/mol. The molecule has 1 unspecified atom stereocenters. The van der Waals surface area contributed by atoms with Gasteiger partial charge in [0.25, 0.3) is 0 Å². The monoisotopic (exact) mass is 290 g/mol. The maximum atomic E-state index is 12.8. The molecule has 21 heavy (non-hydrogen) atoms. The quantitative estimate of drug-likeness (QED) is 0.880. The van der Waals surface area contributed by atoms with Gasteiger partial charge in [0, 0.05) is 12.4 Å². The minimum atomic E-state index is -0.655. The second kappa shape index (κ2) is 6.65. The Hall–Kier alpha value is -2.70. The van der Waals surface area contributed by atoms with E-state index in [0.29, 0.717) is 11.6 Å². The van der Waals surface area contributed by atoms with Crippen molar-refractivity contribution in [2.75, 3.05) is 0 Å². The Labute approximate surface area is 121 Å². The van der Waals surface area contributed by atoms with Crippen LogP contribution in [-0.4, -0.2) is 16.0 Å². The van der Waals surface area contributed by atoms with Crippen molar-refractivity contribution in [1.29, 1.82) is 0 Å². The fourth-order valence-electron chi connectivity index (χ4n) is 1.76. The number of nitrogens with one attached hydrogen (secondary N) is 1. The van der Waals surface area contributed by atoms with Crippen molar-refractivity contribution in [2.45, 2.75) is 19.6 Å². The van der Waals surface area contributed by atoms with E-state index in [-0.39, 0.29) is 12.4 Å². The van der Waals surface area contributed by atoms with Crippen LogP contribution in [0.4, 0.5) is 9.18 Å². The van der Waals surface area contributed by atoms with Crippen LogP contribution in [0.25, 0.3) is 0 Å². The van der Waals surface area contributed by atoms with Gasteiger partial charge in [0.15, 0.2) is 0 Å². The average Bonchev–Trinajstić information content (AvgIpc) is 2.46. The molecular formula is C14H15FN4O2. The summed E-state index contributed by atoms with van der Waals surface area (Å²) in [6.07, 6.45) is 2.99. The number of hydrogen-bond acceptors (Lipinski definition) is 4. The number of halogens is 1. The number of nitrogens with zero attached hydrogens (tertiary/aromatic N) is 2. The number of aromatic nitrogens is 2. The fraction of sp³-hybridized carbons (Fsp3) is 0.214. The lowest BCUT2D eigenvalue weighted by molar-refractivity contribution is 0.244. The number of carbonyl (C=O) groups is 1. The van der Waals surface area contributed by atoms with Gasteiger partial charge < -0.3 is 15.8 Å². The molecule has 0 saturated heterocycles. The second-order valence-corrected chi connectivity index (χ2v) is 4.39. The van der Waals surface area contributed by atoms with Crippen LogP contribution in [0.1, 0.15) is 24.2 Å². The molecule has 0 aliphatic rings. The average molecular weight is 290 g/mol. The lowest BCUT2D eigenvalue weighted by Crippen LogP contribution is -2.32. The molecule has 0 aliphatic carbocycles. The van der Waals surface area contributed by atoms with E-state index < -0.39 is 12.1 Å². The third-order valence-corrected chi connectivity index (χ3v) is 2.75. The normalized spacial score (nSPS) is 11.7. The van der Waals surface area contributed by atoms with Gasteiger partial charge in [0.2, 0.25) is 5.88 Å². The van der Waals surface area contributed by atoms with E-state index >= 15 is 0 Å². The summed E-state index contributed by atoms with van der Waals surface area (Å²) in [7, 11) is 0. The standard InChI is InChI=1S/C14H15FN4O2/c1-9(19-14(16)20)12-13(18-7-6-17-12)21-8-10-2-4-11(15)5-3-10/h2-7,9H,8H2,1H3,(H3,16,19,20). The summed E-state index contributed by atoms with van der Waals surface area (Å²) in [4.78, 5) is 19.1. The van der Waals surface area contributed by atoms with Crippen LogP contribution in [0.5, 0.6) is 5.88 Å². The van der Waals surface area contributed by atoms with Crippen LogP contribution >= 0.6 is 0 Å². The highest BCUT2D eigenvalue weighted by atomic mass is 19.1. The lowest BCUT2D eigenvalue weighted by atomic mass is 10.2. The molecule has 3 N–H and O–H groups in total. The first-order valence-electron chi connectivity index (χ1n) is 6.30. The number of nitrogens with two attached hydrogens (primary N) is 1. The Morgan fingerprint density at radius 2 is 2.00 bits per heavy atom. The van der Waals surface area contributed by atoms with Crippen molar-refractivity contribution in [3.05, 3.63) is 53.7 Å². The molecule has 2 aromatic rings. The topological polar surface area (TPSA) is 90.1 Å². The number of carbonyl (C=O) groups excluding carboxylic acids is 1. The molecule has 0 radical (unpaired) electrons. The number of ether oxygens (including phenoxy) is 1. The number of rotatable bonds is 5. The Bertz CT molecular complexity index is 619. The maximum Gasteiger partial charge on any atom is 0.312 e. The first-order chi connectivity index (χ1) is 10.1. The SMILES string of the molecule is CC(NC(N)=O)c1nccnc1OCc1ccc(F)cc1. The zero-order chi connectivity index (χ0) is 15.2. The molecule has 2 amide bonds. The molecule has 1 aromatic heterocycles. The fourth-order valence-corrected chi connectivity index (χ4v) is 1.76. The molecule has 0 saturated carbocycles. The van der Waals surface area contributed by atoms with Crippen LogP contribution in [0.2, 0.25) is 0 Å². The third-order valence-electron chi connectivity index (χ3n) is 2.75. The van der Waals surface area contributed by atoms with Crippen molar-refractivity contribution in [3.8, 4) is 5.88 Å². The molecule has 6 nitrogen and oxygen atoms in total. The van der Waals surface area contributed by atoms with E-state index in [2.05, 4.69) is 15.3 Å². The first kappa shape index (κ1) is 14.7. The van der Waals surface area contributed by atoms with Crippen molar-refractivity contribution in [2.24, 2.45) is 5.73 Å². The lowest BCUT2D eigenvalue weighted by Gasteiger charge is -2.15. The number of primary amides is 1. The molecular weight excluding hydrogens is 275 g/mol. The Morgan fingerprint density at radius 3 is 2.67 bits per heavy atom. The summed E-state index contributed by atoms with van der Waals surface area (Å²) < 4.78 is 18.4. The second-order valence-electron chi connectivity index (χ2n) is 4.39. The van der Waals surface area contributed by atoms with E-state index in [4.69, 9.17) is 10.5 Å². The molecule has 0 fully saturated rings. The van der Waals surface area contributed by atoms with Gasteiger partial charge in [-0.2, -0.15) is 0 Å². The molecule has 0 spiro atoms. The molecule has 110 valence electrons. The van der Waals surface area contributed by atoms with Crippen LogP contribution in [0.3, 0.4) is 0 Å². The van der Waals surface area contributed by atoms with Crippen molar-refractivity contribution in [1.82, 2.24) is 15.3 Å². The molecule has 2 rings (SSSR count). The largest absolute Gasteiger partial charge is 0.471 e. The van der Waals surface area contributed by atoms with E-state index in [1.54, 1.807) is 19.1 Å². The Kier molecular flexibility index (Phi) is 4.65. The predicted octanol–water partition coefficient (Wildman–Crippen LogP) is 1.92. The molecule has 1 aromatic carbocycles. The number of amides is 2. The van der Waals surface area contributed by atoms with Gasteiger partial charge in [-0.3, -0.25) is 4.98 Å². The number of hydrogen-bond donors (Lipinski definition) is 2. The van der Waals surface area contributed by atoms with Gasteiger partial charge in [-0.1, -0.05) is 12.1 Å². The smallest absolute Gasteiger partial charge is 0.312 e. The molecule has 1 atom stereocenters. The summed E-state index contributed by atoms with van der Waals surface area (Å²) in [5.41, 5.74) is 6.35. The van der Waals surface area contributed by atoms with Crippen LogP contribution in [0, 0.1) is 5.82 Å². The summed E-state index contributed by atoms with van der Waals surface area (Å²) >= 11 is 0. The highest BCUT2D eigenvalue weighted by Crippen LogP contribution is 2.20. The highest BCUT2D eigenvalue weighted by Gasteiger charge is 2.15. The summed E-state index contributed by atoms with van der Waals surface area (Å²) in [6.45, 7) is 1.94. The summed E-state index contributed by atoms with van der Waals surface area (Å²) in [5.74, 6) is -0.0127. The zero-order valence-corrected chi connectivity index (χ0v) is 11.4. The minimum absolute atomic E-state index is 0.218. The molecule has 0 aliphatic heterocycles. The first-order valence-corrected chi connectivity index (χ1v) is 6.30. The highest BCUT2D eigenvalue weighted by molar-refractivity contribution is 5.72. The van der Waals surface area contributed by atoms with Gasteiger partial charge in [-0.25, -0.2) is 14.2 Å². The van der Waals surface area contributed by atoms with Crippen molar-refractivity contribution >= 4 is 6.03 Å². The maximum absolute atomic E-state index is 12.8.